The largest absolute Gasteiger partial charge is 0.169 e. The van der Waals surface area contributed by atoms with E-state index in [-0.39, 0.29) is 4.75 Å². The Hall–Kier alpha value is 0.0900. The maximum Gasteiger partial charge on any atom is 0.0252 e. The van der Waals surface area contributed by atoms with E-state index in [4.69, 9.17) is 0 Å². The van der Waals surface area contributed by atoms with E-state index in [1.807, 2.05) is 0 Å². The van der Waals surface area contributed by atoms with Crippen LogP contribution in [0.1, 0.15) is 27.2 Å². The Morgan fingerprint density at radius 2 is 2.00 bits per heavy atom. The molecule has 0 spiro atoms. The van der Waals surface area contributed by atoms with Crippen LogP contribution in [0.15, 0.2) is 12.2 Å². The highest BCUT2D eigenvalue weighted by molar-refractivity contribution is 7.82. The van der Waals surface area contributed by atoms with Crippen molar-refractivity contribution in [2.45, 2.75) is 31.9 Å². The number of allylic oxidation sites excluding steroid dienone is 1. The Morgan fingerprint density at radius 1 is 1.50 bits per heavy atom. The second-order valence-electron chi connectivity index (χ2n) is 2.46. The van der Waals surface area contributed by atoms with Crippen molar-refractivity contribution in [1.29, 1.82) is 0 Å². The van der Waals surface area contributed by atoms with Crippen molar-refractivity contribution in [3.8, 4) is 0 Å². The van der Waals surface area contributed by atoms with E-state index in [1.54, 1.807) is 0 Å². The lowest BCUT2D eigenvalue weighted by atomic mass is 10.2. The van der Waals surface area contributed by atoms with Gasteiger partial charge in [0.1, 0.15) is 0 Å². The van der Waals surface area contributed by atoms with Gasteiger partial charge in [0.05, 0.1) is 0 Å². The molecule has 0 aromatic rings. The molecule has 0 heterocycles. The minimum absolute atomic E-state index is 0.0655. The molecule has 0 N–H and O–H groups in total. The van der Waals surface area contributed by atoms with Crippen molar-refractivity contribution in [2.75, 3.05) is 0 Å². The van der Waals surface area contributed by atoms with Crippen molar-refractivity contribution < 1.29 is 0 Å². The van der Waals surface area contributed by atoms with Crippen molar-refractivity contribution >= 4 is 12.6 Å². The van der Waals surface area contributed by atoms with Gasteiger partial charge in [0, 0.05) is 4.75 Å². The number of hydrogen-bond acceptors (Lipinski definition) is 1. The number of hydrogen-bond donors (Lipinski definition) is 1. The Bertz CT molecular complexity index is 76.9. The molecule has 0 nitrogen and oxygen atoms in total. The van der Waals surface area contributed by atoms with Gasteiger partial charge in [0.25, 0.3) is 0 Å². The van der Waals surface area contributed by atoms with Crippen molar-refractivity contribution in [2.24, 2.45) is 0 Å². The van der Waals surface area contributed by atoms with Gasteiger partial charge in [-0.15, -0.1) is 0 Å². The van der Waals surface area contributed by atoms with Crippen LogP contribution in [0.5, 0.6) is 0 Å². The van der Waals surface area contributed by atoms with Crippen LogP contribution in [-0.4, -0.2) is 4.75 Å². The smallest absolute Gasteiger partial charge is 0.0252 e. The molecular weight excluding hydrogens is 116 g/mol. The Kier molecular flexibility index (Phi) is 3.22. The molecule has 0 aliphatic rings. The molecule has 8 heavy (non-hydrogen) atoms. The van der Waals surface area contributed by atoms with Crippen LogP contribution in [-0.2, 0) is 0 Å². The van der Waals surface area contributed by atoms with Gasteiger partial charge in [-0.2, -0.15) is 12.6 Å². The summed E-state index contributed by atoms with van der Waals surface area (Å²) in [5, 5.41) is 0. The first-order valence-corrected chi connectivity index (χ1v) is 3.41. The molecule has 0 atom stereocenters. The molecule has 0 saturated heterocycles. The molecule has 0 aromatic heterocycles. The molecular formula is C7H14S. The summed E-state index contributed by atoms with van der Waals surface area (Å²) in [4.78, 5) is 0. The SMILES string of the molecule is CCC=CC(C)(C)S. The van der Waals surface area contributed by atoms with Gasteiger partial charge in [0.2, 0.25) is 0 Å². The molecule has 0 unspecified atom stereocenters. The summed E-state index contributed by atoms with van der Waals surface area (Å²) < 4.78 is 0.0655. The van der Waals surface area contributed by atoms with E-state index in [0.29, 0.717) is 0 Å². The average Bonchev–Trinajstić information content (AvgIpc) is 1.59. The highest BCUT2D eigenvalue weighted by Gasteiger charge is 2.02. The predicted octanol–water partition coefficient (Wildman–Crippen LogP) is 2.66. The lowest BCUT2D eigenvalue weighted by Gasteiger charge is -2.08. The Morgan fingerprint density at radius 3 is 2.12 bits per heavy atom. The van der Waals surface area contributed by atoms with Crippen molar-refractivity contribution in [1.82, 2.24) is 0 Å². The zero-order valence-corrected chi connectivity index (χ0v) is 6.70. The highest BCUT2D eigenvalue weighted by atomic mass is 32.1. The normalized spacial score (nSPS) is 13.0. The second kappa shape index (κ2) is 3.18. The van der Waals surface area contributed by atoms with E-state index >= 15 is 0 Å². The monoisotopic (exact) mass is 130 g/mol. The van der Waals surface area contributed by atoms with Crippen LogP contribution in [0.2, 0.25) is 0 Å². The standard InChI is InChI=1S/C7H14S/c1-4-5-6-7(2,3)8/h5-6,8H,4H2,1-3H3. The van der Waals surface area contributed by atoms with Gasteiger partial charge in [-0.3, -0.25) is 0 Å². The predicted molar refractivity (Wildman–Crippen MR) is 42.5 cm³/mol. The summed E-state index contributed by atoms with van der Waals surface area (Å²) in [6.45, 7) is 6.26. The molecule has 48 valence electrons. The lowest BCUT2D eigenvalue weighted by molar-refractivity contribution is 0.901. The van der Waals surface area contributed by atoms with E-state index in [9.17, 15) is 0 Å². The molecule has 0 aliphatic heterocycles. The van der Waals surface area contributed by atoms with Gasteiger partial charge in [-0.05, 0) is 20.3 Å². The van der Waals surface area contributed by atoms with Crippen LogP contribution >= 0.6 is 12.6 Å². The first-order valence-electron chi connectivity index (χ1n) is 2.96. The minimum atomic E-state index is 0.0655. The molecule has 0 saturated carbocycles. The first kappa shape index (κ1) is 8.09. The minimum Gasteiger partial charge on any atom is -0.169 e. The van der Waals surface area contributed by atoms with E-state index in [1.165, 1.54) is 0 Å². The fraction of sp³-hybridized carbons (Fsp3) is 0.714. The van der Waals surface area contributed by atoms with Gasteiger partial charge in [0.15, 0.2) is 0 Å². The van der Waals surface area contributed by atoms with Gasteiger partial charge in [-0.25, -0.2) is 0 Å². The third kappa shape index (κ3) is 6.09. The van der Waals surface area contributed by atoms with E-state index in [0.717, 1.165) is 6.42 Å². The highest BCUT2D eigenvalue weighted by Crippen LogP contribution is 2.12. The van der Waals surface area contributed by atoms with Gasteiger partial charge in [-0.1, -0.05) is 19.1 Å². The fourth-order valence-corrected chi connectivity index (χ4v) is 0.512. The Labute approximate surface area is 57.4 Å². The second-order valence-corrected chi connectivity index (χ2v) is 3.62. The first-order chi connectivity index (χ1) is 3.56. The quantitative estimate of drug-likeness (QED) is 0.431. The summed E-state index contributed by atoms with van der Waals surface area (Å²) in [7, 11) is 0. The molecule has 0 radical (unpaired) electrons. The van der Waals surface area contributed by atoms with Crippen molar-refractivity contribution in [3.05, 3.63) is 12.2 Å². The van der Waals surface area contributed by atoms with E-state index < -0.39 is 0 Å². The van der Waals surface area contributed by atoms with E-state index in [2.05, 4.69) is 45.6 Å². The maximum atomic E-state index is 4.30. The molecule has 0 rings (SSSR count). The average molecular weight is 130 g/mol. The number of rotatable bonds is 2. The topological polar surface area (TPSA) is 0 Å². The molecule has 1 heteroatoms. The third-order valence-corrected chi connectivity index (χ3v) is 0.910. The third-order valence-electron chi connectivity index (χ3n) is 0.761. The molecule has 0 fully saturated rings. The fourth-order valence-electron chi connectivity index (χ4n) is 0.406. The van der Waals surface area contributed by atoms with Crippen LogP contribution in [0.3, 0.4) is 0 Å². The maximum absolute atomic E-state index is 4.30. The number of thiol groups is 1. The lowest BCUT2D eigenvalue weighted by Crippen LogP contribution is -2.03. The summed E-state index contributed by atoms with van der Waals surface area (Å²) >= 11 is 4.30. The van der Waals surface area contributed by atoms with Crippen LogP contribution in [0, 0.1) is 0 Å². The molecule has 0 aliphatic carbocycles. The van der Waals surface area contributed by atoms with Crippen LogP contribution < -0.4 is 0 Å². The molecule has 0 aromatic carbocycles. The summed E-state index contributed by atoms with van der Waals surface area (Å²) in [5.41, 5.74) is 0. The summed E-state index contributed by atoms with van der Waals surface area (Å²) in [5.74, 6) is 0. The molecule has 0 bridgehead atoms. The van der Waals surface area contributed by atoms with Crippen LogP contribution in [0.4, 0.5) is 0 Å². The Balaban J connectivity index is 3.52. The zero-order valence-electron chi connectivity index (χ0n) is 5.81. The van der Waals surface area contributed by atoms with Gasteiger partial charge >= 0.3 is 0 Å². The summed E-state index contributed by atoms with van der Waals surface area (Å²) in [6, 6.07) is 0. The van der Waals surface area contributed by atoms with Crippen molar-refractivity contribution in [3.63, 3.8) is 0 Å². The summed E-state index contributed by atoms with van der Waals surface area (Å²) in [6.07, 6.45) is 5.34. The van der Waals surface area contributed by atoms with Gasteiger partial charge < -0.3 is 0 Å². The zero-order chi connectivity index (χ0) is 6.62. The van der Waals surface area contributed by atoms with Crippen LogP contribution in [0.25, 0.3) is 0 Å². The molecule has 0 amide bonds.